The molecule has 0 heterocycles. The number of anilines is 1. The maximum atomic E-state index is 11.3. The summed E-state index contributed by atoms with van der Waals surface area (Å²) in [5.74, 6) is -0.858. The first-order valence-electron chi connectivity index (χ1n) is 6.73. The van der Waals surface area contributed by atoms with Gasteiger partial charge in [0.2, 0.25) is 0 Å². The van der Waals surface area contributed by atoms with Crippen LogP contribution < -0.4 is 5.32 Å². The Morgan fingerprint density at radius 2 is 2.21 bits per heavy atom. The lowest BCUT2D eigenvalue weighted by molar-refractivity contribution is 0.0698. The third-order valence-electron chi connectivity index (χ3n) is 3.72. The zero-order chi connectivity index (χ0) is 13.8. The average molecular weight is 279 g/mol. The maximum Gasteiger partial charge on any atom is 0.337 e. The first-order chi connectivity index (χ1) is 9.10. The Labute approximate surface area is 118 Å². The van der Waals surface area contributed by atoms with Crippen LogP contribution >= 0.6 is 11.8 Å². The molecule has 0 spiro atoms. The maximum absolute atomic E-state index is 11.3. The fourth-order valence-corrected chi connectivity index (χ4v) is 3.50. The monoisotopic (exact) mass is 279 g/mol. The number of carboxylic acids is 1. The number of carboxylic acid groups (broad SMARTS) is 1. The van der Waals surface area contributed by atoms with Crippen LogP contribution in [-0.2, 0) is 0 Å². The van der Waals surface area contributed by atoms with Crippen molar-refractivity contribution in [3.05, 3.63) is 29.3 Å². The summed E-state index contributed by atoms with van der Waals surface area (Å²) >= 11 is 1.92. The lowest BCUT2D eigenvalue weighted by Gasteiger charge is -2.29. The fourth-order valence-electron chi connectivity index (χ4n) is 2.67. The molecule has 3 nitrogen and oxygen atoms in total. The van der Waals surface area contributed by atoms with E-state index in [4.69, 9.17) is 0 Å². The van der Waals surface area contributed by atoms with Crippen molar-refractivity contribution < 1.29 is 9.90 Å². The van der Waals surface area contributed by atoms with Crippen molar-refractivity contribution in [3.8, 4) is 0 Å². The normalized spacial score (nSPS) is 23.1. The summed E-state index contributed by atoms with van der Waals surface area (Å²) in [6.07, 6.45) is 6.90. The predicted octanol–water partition coefficient (Wildman–Crippen LogP) is 3.78. The molecule has 2 atom stereocenters. The van der Waals surface area contributed by atoms with Crippen molar-refractivity contribution >= 4 is 23.4 Å². The summed E-state index contributed by atoms with van der Waals surface area (Å²) in [4.78, 5) is 11.3. The third-order valence-corrected chi connectivity index (χ3v) is 4.82. The molecule has 1 aromatic carbocycles. The van der Waals surface area contributed by atoms with E-state index >= 15 is 0 Å². The van der Waals surface area contributed by atoms with Gasteiger partial charge in [-0.25, -0.2) is 4.79 Å². The van der Waals surface area contributed by atoms with Gasteiger partial charge in [-0.2, -0.15) is 11.8 Å². The van der Waals surface area contributed by atoms with Crippen molar-refractivity contribution in [3.63, 3.8) is 0 Å². The van der Waals surface area contributed by atoms with Crippen molar-refractivity contribution in [2.24, 2.45) is 0 Å². The minimum absolute atomic E-state index is 0.381. The molecular formula is C15H21NO2S. The largest absolute Gasteiger partial charge is 0.478 e. The van der Waals surface area contributed by atoms with Crippen LogP contribution in [0.5, 0.6) is 0 Å². The van der Waals surface area contributed by atoms with Crippen LogP contribution in [0, 0.1) is 6.92 Å². The second-order valence-corrected chi connectivity index (χ2v) is 6.36. The second kappa shape index (κ2) is 6.33. The van der Waals surface area contributed by atoms with E-state index in [1.807, 2.05) is 30.8 Å². The van der Waals surface area contributed by atoms with Crippen molar-refractivity contribution in [1.82, 2.24) is 0 Å². The highest BCUT2D eigenvalue weighted by molar-refractivity contribution is 7.99. The Bertz CT molecular complexity index is 461. The second-order valence-electron chi connectivity index (χ2n) is 5.22. The molecule has 0 bridgehead atoms. The van der Waals surface area contributed by atoms with Gasteiger partial charge < -0.3 is 10.4 Å². The van der Waals surface area contributed by atoms with Crippen LogP contribution in [0.4, 0.5) is 5.69 Å². The molecule has 2 N–H and O–H groups in total. The smallest absolute Gasteiger partial charge is 0.337 e. The molecule has 0 aliphatic heterocycles. The third kappa shape index (κ3) is 3.66. The van der Waals surface area contributed by atoms with Crippen molar-refractivity contribution in [1.29, 1.82) is 0 Å². The van der Waals surface area contributed by atoms with E-state index < -0.39 is 5.97 Å². The van der Waals surface area contributed by atoms with E-state index in [1.165, 1.54) is 12.8 Å². The van der Waals surface area contributed by atoms with Gasteiger partial charge in [-0.1, -0.05) is 18.1 Å². The van der Waals surface area contributed by atoms with Gasteiger partial charge in [-0.15, -0.1) is 0 Å². The number of carbonyl (C=O) groups is 1. The molecule has 0 radical (unpaired) electrons. The van der Waals surface area contributed by atoms with Crippen LogP contribution in [0.25, 0.3) is 0 Å². The van der Waals surface area contributed by atoms with E-state index in [0.29, 0.717) is 16.9 Å². The van der Waals surface area contributed by atoms with Crippen LogP contribution in [0.15, 0.2) is 18.2 Å². The quantitative estimate of drug-likeness (QED) is 0.880. The van der Waals surface area contributed by atoms with E-state index in [0.717, 1.165) is 24.1 Å². The van der Waals surface area contributed by atoms with Crippen LogP contribution in [0.2, 0.25) is 0 Å². The number of aryl methyl sites for hydroxylation is 1. The van der Waals surface area contributed by atoms with Crippen LogP contribution in [0.1, 0.15) is 41.6 Å². The molecule has 0 aromatic heterocycles. The molecule has 104 valence electrons. The Kier molecular flexibility index (Phi) is 4.75. The van der Waals surface area contributed by atoms with Crippen molar-refractivity contribution in [2.45, 2.75) is 43.9 Å². The van der Waals surface area contributed by atoms with Gasteiger partial charge >= 0.3 is 5.97 Å². The lowest BCUT2D eigenvalue weighted by atomic mass is 9.94. The molecular weight excluding hydrogens is 258 g/mol. The summed E-state index contributed by atoms with van der Waals surface area (Å²) in [6.45, 7) is 1.92. The number of nitrogens with one attached hydrogen (secondary N) is 1. The molecule has 0 amide bonds. The number of rotatable bonds is 4. The first-order valence-corrected chi connectivity index (χ1v) is 8.02. The van der Waals surface area contributed by atoms with Gasteiger partial charge in [0, 0.05) is 17.0 Å². The predicted molar refractivity (Wildman–Crippen MR) is 81.3 cm³/mol. The molecule has 1 aromatic rings. The molecule has 4 heteroatoms. The van der Waals surface area contributed by atoms with E-state index in [2.05, 4.69) is 11.6 Å². The molecule has 1 aliphatic carbocycles. The minimum Gasteiger partial charge on any atom is -0.478 e. The van der Waals surface area contributed by atoms with Gasteiger partial charge in [-0.3, -0.25) is 0 Å². The highest BCUT2D eigenvalue weighted by atomic mass is 32.2. The number of hydrogen-bond donors (Lipinski definition) is 2. The Balaban J connectivity index is 2.12. The van der Waals surface area contributed by atoms with Gasteiger partial charge in [0.1, 0.15) is 0 Å². The van der Waals surface area contributed by atoms with E-state index in [-0.39, 0.29) is 0 Å². The number of hydrogen-bond acceptors (Lipinski definition) is 3. The number of benzene rings is 1. The summed E-state index contributed by atoms with van der Waals surface area (Å²) in [5, 5.41) is 13.4. The number of thioether (sulfide) groups is 1. The number of aromatic carboxylic acids is 1. The summed E-state index contributed by atoms with van der Waals surface area (Å²) in [6, 6.07) is 5.98. The fraction of sp³-hybridized carbons (Fsp3) is 0.533. The van der Waals surface area contributed by atoms with Gasteiger partial charge in [0.05, 0.1) is 5.56 Å². The minimum atomic E-state index is -0.858. The van der Waals surface area contributed by atoms with Crippen molar-refractivity contribution in [2.75, 3.05) is 11.6 Å². The van der Waals surface area contributed by atoms with E-state index in [1.54, 1.807) is 6.07 Å². The zero-order valence-corrected chi connectivity index (χ0v) is 12.3. The highest BCUT2D eigenvalue weighted by Gasteiger charge is 2.22. The van der Waals surface area contributed by atoms with Crippen LogP contribution in [0.3, 0.4) is 0 Å². The summed E-state index contributed by atoms with van der Waals surface area (Å²) in [7, 11) is 0. The highest BCUT2D eigenvalue weighted by Crippen LogP contribution is 2.29. The molecule has 1 saturated carbocycles. The lowest BCUT2D eigenvalue weighted by Crippen LogP contribution is -2.29. The molecule has 1 aliphatic rings. The van der Waals surface area contributed by atoms with Crippen LogP contribution in [-0.4, -0.2) is 28.6 Å². The summed E-state index contributed by atoms with van der Waals surface area (Å²) < 4.78 is 0. The Morgan fingerprint density at radius 3 is 2.89 bits per heavy atom. The Morgan fingerprint density at radius 1 is 1.42 bits per heavy atom. The standard InChI is InChI=1S/C15H21NO2S/c1-10-6-7-14(13(8-10)15(17)18)16-11-4-3-5-12(9-11)19-2/h6-8,11-12,16H,3-5,9H2,1-2H3,(H,17,18). The average Bonchev–Trinajstić information content (AvgIpc) is 2.41. The molecule has 2 unspecified atom stereocenters. The molecule has 2 rings (SSSR count). The molecule has 1 fully saturated rings. The zero-order valence-electron chi connectivity index (χ0n) is 11.5. The van der Waals surface area contributed by atoms with Gasteiger partial charge in [0.25, 0.3) is 0 Å². The topological polar surface area (TPSA) is 49.3 Å². The van der Waals surface area contributed by atoms with E-state index in [9.17, 15) is 9.90 Å². The first kappa shape index (κ1) is 14.3. The SMILES string of the molecule is CSC1CCCC(Nc2ccc(C)cc2C(=O)O)C1. The van der Waals surface area contributed by atoms with Gasteiger partial charge in [0.15, 0.2) is 0 Å². The molecule has 19 heavy (non-hydrogen) atoms. The van der Waals surface area contributed by atoms with Gasteiger partial charge in [-0.05, 0) is 44.6 Å². The Hall–Kier alpha value is -1.16. The molecule has 0 saturated heterocycles. The summed E-state index contributed by atoms with van der Waals surface area (Å²) in [5.41, 5.74) is 2.12.